The van der Waals surface area contributed by atoms with Crippen molar-refractivity contribution in [1.29, 1.82) is 0 Å². The minimum atomic E-state index is -2.90. The van der Waals surface area contributed by atoms with E-state index in [4.69, 9.17) is 13.6 Å². The fourth-order valence-corrected chi connectivity index (χ4v) is 5.52. The van der Waals surface area contributed by atoms with Crippen LogP contribution in [-0.2, 0) is 13.6 Å². The van der Waals surface area contributed by atoms with E-state index in [2.05, 4.69) is 54.2 Å². The van der Waals surface area contributed by atoms with Gasteiger partial charge in [-0.05, 0) is 12.2 Å². The molecule has 0 aromatic heterocycles. The van der Waals surface area contributed by atoms with Gasteiger partial charge in [0.15, 0.2) is 0 Å². The summed E-state index contributed by atoms with van der Waals surface area (Å²) < 4.78 is 19.0. The van der Waals surface area contributed by atoms with Crippen LogP contribution in [0, 0.1) is 0 Å². The second-order valence-corrected chi connectivity index (χ2v) is 7.99. The lowest BCUT2D eigenvalue weighted by atomic mass is 10.6. The average molecular weight is 368 g/mol. The number of thiol groups is 1. The molecule has 0 bridgehead atoms. The molecule has 0 unspecified atom stereocenters. The first kappa shape index (κ1) is 23.3. The summed E-state index contributed by atoms with van der Waals surface area (Å²) in [5.74, 6) is 0.791. The number of hydroxylamine groups is 6. The van der Waals surface area contributed by atoms with E-state index in [0.29, 0.717) is 0 Å². The van der Waals surface area contributed by atoms with Gasteiger partial charge in [0, 0.05) is 45.3 Å². The van der Waals surface area contributed by atoms with Crippen LogP contribution in [0.25, 0.3) is 0 Å². The maximum absolute atomic E-state index is 6.32. The highest BCUT2D eigenvalue weighted by atomic mass is 32.1. The quantitative estimate of drug-likeness (QED) is 0.272. The zero-order valence-corrected chi connectivity index (χ0v) is 17.8. The Morgan fingerprint density at radius 2 is 0.957 bits per heavy atom. The van der Waals surface area contributed by atoms with E-state index in [1.807, 2.05) is 15.2 Å². The summed E-state index contributed by atoms with van der Waals surface area (Å²) in [6, 6.07) is 0.750. The van der Waals surface area contributed by atoms with E-state index >= 15 is 0 Å². The van der Waals surface area contributed by atoms with Gasteiger partial charge >= 0.3 is 8.80 Å². The molecule has 0 saturated heterocycles. The van der Waals surface area contributed by atoms with E-state index in [9.17, 15) is 0 Å². The largest absolute Gasteiger partial charge is 0.552 e. The Bertz CT molecular complexity index is 243. The lowest BCUT2D eigenvalue weighted by Gasteiger charge is -2.38. The molecular weight excluding hydrogens is 330 g/mol. The second kappa shape index (κ2) is 13.6. The van der Waals surface area contributed by atoms with E-state index in [0.717, 1.165) is 57.5 Å². The van der Waals surface area contributed by atoms with E-state index in [1.54, 1.807) is 0 Å². The van der Waals surface area contributed by atoms with Crippen LogP contribution in [0.15, 0.2) is 0 Å². The van der Waals surface area contributed by atoms with Crippen LogP contribution >= 0.6 is 12.6 Å². The highest BCUT2D eigenvalue weighted by molar-refractivity contribution is 7.80. The summed E-state index contributed by atoms with van der Waals surface area (Å²) in [5.41, 5.74) is 0. The summed E-state index contributed by atoms with van der Waals surface area (Å²) in [7, 11) is -2.90. The number of hydrogen-bond donors (Lipinski definition) is 1. The van der Waals surface area contributed by atoms with Gasteiger partial charge in [-0.1, -0.05) is 41.5 Å². The summed E-state index contributed by atoms with van der Waals surface area (Å²) in [4.78, 5) is 0. The average Bonchev–Trinajstić information content (AvgIpc) is 2.60. The molecule has 6 nitrogen and oxygen atoms in total. The van der Waals surface area contributed by atoms with Crippen molar-refractivity contribution < 1.29 is 13.6 Å². The predicted molar refractivity (Wildman–Crippen MR) is 101 cm³/mol. The zero-order chi connectivity index (χ0) is 17.7. The summed E-state index contributed by atoms with van der Waals surface area (Å²) in [5, 5.41) is 5.78. The molecule has 0 radical (unpaired) electrons. The van der Waals surface area contributed by atoms with Gasteiger partial charge in [0.1, 0.15) is 0 Å². The normalized spacial score (nSPS) is 12.8. The Morgan fingerprint density at radius 3 is 1.17 bits per heavy atom. The van der Waals surface area contributed by atoms with Crippen LogP contribution < -0.4 is 0 Å². The van der Waals surface area contributed by atoms with Gasteiger partial charge in [0.25, 0.3) is 0 Å². The monoisotopic (exact) mass is 367 g/mol. The van der Waals surface area contributed by atoms with Crippen molar-refractivity contribution in [1.82, 2.24) is 15.2 Å². The Morgan fingerprint density at radius 1 is 0.652 bits per heavy atom. The topological polar surface area (TPSA) is 37.4 Å². The Balaban J connectivity index is 5.38. The zero-order valence-electron chi connectivity index (χ0n) is 15.9. The van der Waals surface area contributed by atoms with Crippen molar-refractivity contribution in [2.45, 2.75) is 54.0 Å². The SMILES string of the molecule is CCN(CC)O[Si](CCCS)(ON(CC)CC)ON(CC)CC. The van der Waals surface area contributed by atoms with Crippen LogP contribution in [0.4, 0.5) is 0 Å². The predicted octanol–water partition coefficient (Wildman–Crippen LogP) is 3.07. The highest BCUT2D eigenvalue weighted by Gasteiger charge is 2.47. The van der Waals surface area contributed by atoms with Crippen molar-refractivity contribution in [2.75, 3.05) is 45.0 Å². The Kier molecular flexibility index (Phi) is 13.8. The Labute approximate surface area is 149 Å². The van der Waals surface area contributed by atoms with Crippen molar-refractivity contribution in [3.05, 3.63) is 0 Å². The number of hydrogen-bond acceptors (Lipinski definition) is 7. The maximum Gasteiger partial charge on any atom is 0.552 e. The van der Waals surface area contributed by atoms with E-state index < -0.39 is 8.80 Å². The molecule has 0 spiro atoms. The fourth-order valence-electron chi connectivity index (χ4n) is 2.13. The third-order valence-corrected chi connectivity index (χ3v) is 6.45. The highest BCUT2D eigenvalue weighted by Crippen LogP contribution is 2.23. The van der Waals surface area contributed by atoms with Crippen LogP contribution in [0.1, 0.15) is 48.0 Å². The minimum absolute atomic E-state index is 0.750. The molecule has 0 saturated carbocycles. The standard InChI is InChI=1S/C15H37N3O3SSi/c1-7-16(8-2)19-23(15-13-14-22,20-17(9-3)10-4)21-18(11-5)12-6/h22H,7-15H2,1-6H3. The molecule has 0 aliphatic heterocycles. The van der Waals surface area contributed by atoms with Gasteiger partial charge in [-0.15, -0.1) is 0 Å². The van der Waals surface area contributed by atoms with Crippen LogP contribution in [0.3, 0.4) is 0 Å². The maximum atomic E-state index is 6.32. The lowest BCUT2D eigenvalue weighted by Crippen LogP contribution is -2.57. The van der Waals surface area contributed by atoms with Crippen molar-refractivity contribution in [2.24, 2.45) is 0 Å². The molecule has 0 N–H and O–H groups in total. The molecule has 140 valence electrons. The molecule has 0 aliphatic rings. The molecule has 0 fully saturated rings. The number of rotatable bonds is 15. The molecule has 0 atom stereocenters. The smallest absolute Gasteiger partial charge is 0.284 e. The fraction of sp³-hybridized carbons (Fsp3) is 1.00. The van der Waals surface area contributed by atoms with Gasteiger partial charge in [0.05, 0.1) is 0 Å². The third-order valence-electron chi connectivity index (χ3n) is 3.56. The number of nitrogens with zero attached hydrogens (tertiary/aromatic N) is 3. The molecule has 0 aromatic rings. The first-order chi connectivity index (χ1) is 11.0. The summed E-state index contributed by atoms with van der Waals surface area (Å²) in [6.07, 6.45) is 0.902. The van der Waals surface area contributed by atoms with Gasteiger partial charge in [0.2, 0.25) is 0 Å². The van der Waals surface area contributed by atoms with Crippen molar-refractivity contribution >= 4 is 21.4 Å². The minimum Gasteiger partial charge on any atom is -0.284 e. The lowest BCUT2D eigenvalue weighted by molar-refractivity contribution is -0.223. The molecule has 23 heavy (non-hydrogen) atoms. The van der Waals surface area contributed by atoms with Crippen molar-refractivity contribution in [3.8, 4) is 0 Å². The van der Waals surface area contributed by atoms with E-state index in [1.165, 1.54) is 0 Å². The third kappa shape index (κ3) is 8.83. The molecule has 0 amide bonds. The molecule has 0 aromatic carbocycles. The molecule has 0 rings (SSSR count). The molecular formula is C15H37N3O3SSi. The van der Waals surface area contributed by atoms with Gasteiger partial charge in [-0.25, -0.2) is 0 Å². The van der Waals surface area contributed by atoms with E-state index in [-0.39, 0.29) is 0 Å². The van der Waals surface area contributed by atoms with Crippen LogP contribution in [-0.4, -0.2) is 69.0 Å². The molecule has 0 heterocycles. The Hall–Kier alpha value is 0.327. The summed E-state index contributed by atoms with van der Waals surface area (Å²) in [6.45, 7) is 17.3. The van der Waals surface area contributed by atoms with Crippen LogP contribution in [0.2, 0.25) is 6.04 Å². The second-order valence-electron chi connectivity index (χ2n) is 5.13. The first-order valence-corrected chi connectivity index (χ1v) is 11.5. The van der Waals surface area contributed by atoms with Gasteiger partial charge in [-0.3, -0.25) is 13.6 Å². The molecule has 8 heteroatoms. The summed E-state index contributed by atoms with van der Waals surface area (Å²) >= 11 is 4.36. The van der Waals surface area contributed by atoms with Crippen molar-refractivity contribution in [3.63, 3.8) is 0 Å². The van der Waals surface area contributed by atoms with Crippen LogP contribution in [0.5, 0.6) is 0 Å². The first-order valence-electron chi connectivity index (χ1n) is 8.97. The molecule has 0 aliphatic carbocycles. The van der Waals surface area contributed by atoms with Gasteiger partial charge < -0.3 is 0 Å². The van der Waals surface area contributed by atoms with Gasteiger partial charge in [-0.2, -0.15) is 27.8 Å².